The van der Waals surface area contributed by atoms with E-state index < -0.39 is 0 Å². The Morgan fingerprint density at radius 2 is 1.21 bits per heavy atom. The zero-order chi connectivity index (χ0) is 30.6. The molecule has 0 saturated carbocycles. The van der Waals surface area contributed by atoms with Crippen LogP contribution in [0, 0.1) is 0 Å². The van der Waals surface area contributed by atoms with Gasteiger partial charge in [-0.1, -0.05) is 97.1 Å². The number of rotatable bonds is 2. The van der Waals surface area contributed by atoms with Crippen LogP contribution in [0.1, 0.15) is 0 Å². The van der Waals surface area contributed by atoms with Gasteiger partial charge < -0.3 is 4.42 Å². The van der Waals surface area contributed by atoms with E-state index in [0.29, 0.717) is 5.95 Å². The predicted molar refractivity (Wildman–Crippen MR) is 197 cm³/mol. The van der Waals surface area contributed by atoms with E-state index in [1.165, 1.54) is 41.7 Å². The van der Waals surface area contributed by atoms with Crippen LogP contribution in [0.3, 0.4) is 0 Å². The summed E-state index contributed by atoms with van der Waals surface area (Å²) in [4.78, 5) is 10.6. The molecule has 0 atom stereocenters. The summed E-state index contributed by atoms with van der Waals surface area (Å²) in [5.41, 5.74) is 6.75. The molecule has 0 saturated heterocycles. The number of para-hydroxylation sites is 2. The van der Waals surface area contributed by atoms with E-state index in [-0.39, 0.29) is 0 Å². The number of fused-ring (bicyclic) bond motifs is 12. The molecule has 0 radical (unpaired) electrons. The van der Waals surface area contributed by atoms with Gasteiger partial charge in [0.25, 0.3) is 0 Å². The number of hydrogen-bond acceptors (Lipinski definition) is 4. The average Bonchev–Trinajstić information content (AvgIpc) is 3.79. The maximum atomic E-state index is 6.48. The summed E-state index contributed by atoms with van der Waals surface area (Å²) >= 11 is 1.83. The molecule has 11 aromatic rings. The second-order valence-corrected chi connectivity index (χ2v) is 13.2. The van der Waals surface area contributed by atoms with Gasteiger partial charge in [0.05, 0.1) is 26.9 Å². The Bertz CT molecular complexity index is 3090. The van der Waals surface area contributed by atoms with E-state index in [0.717, 1.165) is 55.1 Å². The molecular weight excluding hydrogens is 595 g/mol. The SMILES string of the molecule is c1ccc2cc3c(cc2c1)oc1cc(-c2nc(-n4c5ccccc5c5ccc6c7ccccc7sc6c54)nc4ccccc24)ccc13. The highest BCUT2D eigenvalue weighted by Crippen LogP contribution is 2.43. The van der Waals surface area contributed by atoms with E-state index in [1.54, 1.807) is 0 Å². The molecule has 5 heteroatoms. The fraction of sp³-hybridized carbons (Fsp3) is 0. The van der Waals surface area contributed by atoms with Crippen molar-refractivity contribution in [1.29, 1.82) is 0 Å². The van der Waals surface area contributed by atoms with Gasteiger partial charge in [0, 0.05) is 48.0 Å². The summed E-state index contributed by atoms with van der Waals surface area (Å²) in [6.45, 7) is 0. The number of aromatic nitrogens is 3. The van der Waals surface area contributed by atoms with Crippen LogP contribution in [0.25, 0.3) is 103 Å². The Labute approximate surface area is 271 Å². The zero-order valence-electron chi connectivity index (χ0n) is 24.9. The summed E-state index contributed by atoms with van der Waals surface area (Å²) in [5, 5.41) is 10.5. The van der Waals surface area contributed by atoms with E-state index in [9.17, 15) is 0 Å². The van der Waals surface area contributed by atoms with Crippen LogP contribution in [0.2, 0.25) is 0 Å². The minimum Gasteiger partial charge on any atom is -0.456 e. The molecule has 4 aromatic heterocycles. The molecule has 0 bridgehead atoms. The maximum absolute atomic E-state index is 6.48. The Balaban J connectivity index is 1.21. The van der Waals surface area contributed by atoms with Gasteiger partial charge in [-0.25, -0.2) is 9.97 Å². The van der Waals surface area contributed by atoms with Crippen LogP contribution in [0.15, 0.2) is 144 Å². The minimum absolute atomic E-state index is 0.658. The van der Waals surface area contributed by atoms with Crippen LogP contribution < -0.4 is 0 Å². The molecule has 0 aliphatic rings. The average molecular weight is 618 g/mol. The van der Waals surface area contributed by atoms with Crippen LogP contribution in [0.5, 0.6) is 0 Å². The summed E-state index contributed by atoms with van der Waals surface area (Å²) in [7, 11) is 0. The van der Waals surface area contributed by atoms with Gasteiger partial charge in [-0.15, -0.1) is 11.3 Å². The molecule has 11 rings (SSSR count). The van der Waals surface area contributed by atoms with Gasteiger partial charge in [-0.2, -0.15) is 0 Å². The monoisotopic (exact) mass is 617 g/mol. The van der Waals surface area contributed by atoms with E-state index in [1.807, 2.05) is 17.4 Å². The third kappa shape index (κ3) is 3.52. The lowest BCUT2D eigenvalue weighted by Gasteiger charge is -2.12. The number of benzene rings is 7. The van der Waals surface area contributed by atoms with Gasteiger partial charge in [0.15, 0.2) is 0 Å². The van der Waals surface area contributed by atoms with Crippen LogP contribution in [-0.2, 0) is 0 Å². The highest BCUT2D eigenvalue weighted by molar-refractivity contribution is 7.26. The van der Waals surface area contributed by atoms with Crippen LogP contribution >= 0.6 is 11.3 Å². The van der Waals surface area contributed by atoms with Crippen molar-refractivity contribution < 1.29 is 4.42 Å². The fourth-order valence-corrected chi connectivity index (χ4v) is 8.67. The molecule has 4 heterocycles. The first kappa shape index (κ1) is 25.2. The highest BCUT2D eigenvalue weighted by Gasteiger charge is 2.21. The molecule has 7 aromatic carbocycles. The molecule has 0 spiro atoms. The number of nitrogens with zero attached hydrogens (tertiary/aromatic N) is 3. The lowest BCUT2D eigenvalue weighted by Crippen LogP contribution is -2.03. The summed E-state index contributed by atoms with van der Waals surface area (Å²) in [6, 6.07) is 49.3. The number of hydrogen-bond donors (Lipinski definition) is 0. The second-order valence-electron chi connectivity index (χ2n) is 12.2. The van der Waals surface area contributed by atoms with Crippen LogP contribution in [0.4, 0.5) is 0 Å². The summed E-state index contributed by atoms with van der Waals surface area (Å²) in [5.74, 6) is 0.658. The molecular formula is C42H23N3OS. The normalized spacial score (nSPS) is 12.3. The Morgan fingerprint density at radius 1 is 0.511 bits per heavy atom. The second kappa shape index (κ2) is 9.25. The van der Waals surface area contributed by atoms with Gasteiger partial charge >= 0.3 is 0 Å². The first-order valence-corrected chi connectivity index (χ1v) is 16.6. The quantitative estimate of drug-likeness (QED) is 0.194. The van der Waals surface area contributed by atoms with Crippen molar-refractivity contribution in [1.82, 2.24) is 14.5 Å². The highest BCUT2D eigenvalue weighted by atomic mass is 32.1. The number of furan rings is 1. The fourth-order valence-electron chi connectivity index (χ4n) is 7.43. The smallest absolute Gasteiger partial charge is 0.235 e. The molecule has 4 nitrogen and oxygen atoms in total. The third-order valence-electron chi connectivity index (χ3n) is 9.58. The molecule has 47 heavy (non-hydrogen) atoms. The van der Waals surface area contributed by atoms with E-state index >= 15 is 0 Å². The van der Waals surface area contributed by atoms with Crippen molar-refractivity contribution in [2.75, 3.05) is 0 Å². The Hall–Kier alpha value is -6.04. The molecule has 0 amide bonds. The van der Waals surface area contributed by atoms with E-state index in [2.05, 4.69) is 138 Å². The predicted octanol–water partition coefficient (Wildman–Crippen LogP) is 11.8. The maximum Gasteiger partial charge on any atom is 0.235 e. The van der Waals surface area contributed by atoms with Crippen molar-refractivity contribution in [3.63, 3.8) is 0 Å². The minimum atomic E-state index is 0.658. The van der Waals surface area contributed by atoms with Gasteiger partial charge in [0.2, 0.25) is 5.95 Å². The first-order chi connectivity index (χ1) is 23.3. The van der Waals surface area contributed by atoms with Crippen molar-refractivity contribution in [3.05, 3.63) is 140 Å². The molecule has 0 unspecified atom stereocenters. The van der Waals surface area contributed by atoms with Gasteiger partial charge in [0.1, 0.15) is 11.2 Å². The zero-order valence-corrected chi connectivity index (χ0v) is 25.8. The van der Waals surface area contributed by atoms with Gasteiger partial charge in [-0.3, -0.25) is 4.57 Å². The molecule has 0 fully saturated rings. The lowest BCUT2D eigenvalue weighted by atomic mass is 10.0. The van der Waals surface area contributed by atoms with Gasteiger partial charge in [-0.05, 0) is 53.2 Å². The molecule has 0 N–H and O–H groups in total. The standard InChI is InChI=1S/C42H23N3OS/c1-2-10-25-22-37-33(21-24(25)9-1)28-18-17-26(23-36(28)46-37)39-32-13-3-6-14-34(32)43-42(44-39)45-35-15-7-4-11-27(35)30-19-20-31-29-12-5-8-16-38(29)47-41(31)40(30)45/h1-23H. The number of thiophene rings is 1. The molecule has 0 aliphatic heterocycles. The van der Waals surface area contributed by atoms with Crippen LogP contribution in [-0.4, -0.2) is 14.5 Å². The van der Waals surface area contributed by atoms with E-state index in [4.69, 9.17) is 14.4 Å². The summed E-state index contributed by atoms with van der Waals surface area (Å²) < 4.78 is 11.3. The molecule has 0 aliphatic carbocycles. The summed E-state index contributed by atoms with van der Waals surface area (Å²) in [6.07, 6.45) is 0. The largest absolute Gasteiger partial charge is 0.456 e. The topological polar surface area (TPSA) is 43.9 Å². The van der Waals surface area contributed by atoms with Crippen molar-refractivity contribution in [2.45, 2.75) is 0 Å². The molecule has 218 valence electrons. The van der Waals surface area contributed by atoms with Crippen molar-refractivity contribution >= 4 is 96.9 Å². The Kier molecular flexibility index (Phi) is 4.96. The Morgan fingerprint density at radius 3 is 2.13 bits per heavy atom. The third-order valence-corrected chi connectivity index (χ3v) is 10.8. The van der Waals surface area contributed by atoms with Crippen molar-refractivity contribution in [3.8, 4) is 17.2 Å². The first-order valence-electron chi connectivity index (χ1n) is 15.7. The van der Waals surface area contributed by atoms with Crippen molar-refractivity contribution in [2.24, 2.45) is 0 Å². The lowest BCUT2D eigenvalue weighted by molar-refractivity contribution is 0.669.